The zero-order valence-corrected chi connectivity index (χ0v) is 17.0. The van der Waals surface area contributed by atoms with Gasteiger partial charge in [0.2, 0.25) is 0 Å². The van der Waals surface area contributed by atoms with E-state index in [2.05, 4.69) is 39.0 Å². The predicted octanol–water partition coefficient (Wildman–Crippen LogP) is 7.49. The lowest BCUT2D eigenvalue weighted by atomic mass is 9.80. The first-order valence-corrected chi connectivity index (χ1v) is 10.9. The van der Waals surface area contributed by atoms with E-state index in [-0.39, 0.29) is 0 Å². The van der Waals surface area contributed by atoms with Gasteiger partial charge in [-0.15, -0.1) is 0 Å². The lowest BCUT2D eigenvalue weighted by Crippen LogP contribution is -2.20. The molecule has 1 heteroatoms. The maximum Gasteiger partial charge on any atom is 0.119 e. The van der Waals surface area contributed by atoms with E-state index in [4.69, 9.17) is 4.74 Å². The standard InChI is InChI=1S/C24H40O/c1-4-6-8-10-21-12-14-22(15-13-21)19-25-24-17-16-23(20(3)18-24)11-9-7-5-2/h16-18,21-22H,4-15,19H2,1-3H3/t21-,22-. The molecule has 142 valence electrons. The minimum Gasteiger partial charge on any atom is -0.493 e. The molecule has 1 aliphatic rings. The van der Waals surface area contributed by atoms with Gasteiger partial charge in [-0.05, 0) is 67.7 Å². The molecular weight excluding hydrogens is 304 g/mol. The SMILES string of the molecule is CCCCCc1ccc(OC[C@H]2CC[C@H](CCCCC)CC2)cc1C. The smallest absolute Gasteiger partial charge is 0.119 e. The first-order valence-electron chi connectivity index (χ1n) is 10.9. The van der Waals surface area contributed by atoms with Gasteiger partial charge in [0.05, 0.1) is 6.61 Å². The highest BCUT2D eigenvalue weighted by atomic mass is 16.5. The summed E-state index contributed by atoms with van der Waals surface area (Å²) in [6.07, 6.45) is 16.4. The van der Waals surface area contributed by atoms with Crippen molar-refractivity contribution >= 4 is 0 Å². The molecule has 0 saturated heterocycles. The van der Waals surface area contributed by atoms with Crippen molar-refractivity contribution in [2.45, 2.75) is 97.8 Å². The summed E-state index contributed by atoms with van der Waals surface area (Å²) in [6.45, 7) is 7.71. The second-order valence-electron chi connectivity index (χ2n) is 8.24. The van der Waals surface area contributed by atoms with E-state index in [1.54, 1.807) is 0 Å². The highest BCUT2D eigenvalue weighted by Gasteiger charge is 2.21. The fourth-order valence-corrected chi connectivity index (χ4v) is 4.19. The molecule has 1 aromatic carbocycles. The first kappa shape index (κ1) is 20.3. The number of ether oxygens (including phenoxy) is 1. The first-order chi connectivity index (χ1) is 12.2. The van der Waals surface area contributed by atoms with Gasteiger partial charge in [0, 0.05) is 0 Å². The number of hydrogen-bond acceptors (Lipinski definition) is 1. The van der Waals surface area contributed by atoms with E-state index in [9.17, 15) is 0 Å². The topological polar surface area (TPSA) is 9.23 Å². The monoisotopic (exact) mass is 344 g/mol. The van der Waals surface area contributed by atoms with Gasteiger partial charge in [-0.3, -0.25) is 0 Å². The van der Waals surface area contributed by atoms with E-state index in [1.807, 2.05) is 0 Å². The Hall–Kier alpha value is -0.980. The molecule has 0 atom stereocenters. The van der Waals surface area contributed by atoms with Crippen LogP contribution in [0.25, 0.3) is 0 Å². The maximum atomic E-state index is 6.14. The van der Waals surface area contributed by atoms with Crippen LogP contribution in [0.5, 0.6) is 5.75 Å². The number of rotatable bonds is 11. The van der Waals surface area contributed by atoms with Crippen LogP contribution in [0, 0.1) is 18.8 Å². The third-order valence-corrected chi connectivity index (χ3v) is 6.03. The molecule has 0 aliphatic heterocycles. The number of unbranched alkanes of at least 4 members (excludes halogenated alkanes) is 4. The van der Waals surface area contributed by atoms with Crippen molar-refractivity contribution in [1.82, 2.24) is 0 Å². The molecule has 0 N–H and O–H groups in total. The zero-order chi connectivity index (χ0) is 17.9. The Morgan fingerprint density at radius 3 is 2.24 bits per heavy atom. The zero-order valence-electron chi connectivity index (χ0n) is 17.0. The molecular formula is C24H40O. The van der Waals surface area contributed by atoms with Gasteiger partial charge in [-0.2, -0.15) is 0 Å². The van der Waals surface area contributed by atoms with E-state index in [1.165, 1.54) is 88.2 Å². The van der Waals surface area contributed by atoms with Crippen molar-refractivity contribution in [3.8, 4) is 5.75 Å². The fraction of sp³-hybridized carbons (Fsp3) is 0.750. The van der Waals surface area contributed by atoms with Crippen LogP contribution in [-0.4, -0.2) is 6.61 Å². The minimum atomic E-state index is 0.770. The lowest BCUT2D eigenvalue weighted by Gasteiger charge is -2.28. The fourth-order valence-electron chi connectivity index (χ4n) is 4.19. The Labute approximate surface area is 156 Å². The van der Waals surface area contributed by atoms with Crippen LogP contribution < -0.4 is 4.74 Å². The van der Waals surface area contributed by atoms with Gasteiger partial charge in [0.1, 0.15) is 5.75 Å². The summed E-state index contributed by atoms with van der Waals surface area (Å²) in [4.78, 5) is 0. The van der Waals surface area contributed by atoms with Crippen LogP contribution in [0.3, 0.4) is 0 Å². The highest BCUT2D eigenvalue weighted by molar-refractivity contribution is 5.34. The van der Waals surface area contributed by atoms with E-state index >= 15 is 0 Å². The third-order valence-electron chi connectivity index (χ3n) is 6.03. The highest BCUT2D eigenvalue weighted by Crippen LogP contribution is 2.32. The molecule has 0 bridgehead atoms. The summed E-state index contributed by atoms with van der Waals surface area (Å²) in [5, 5.41) is 0. The number of hydrogen-bond donors (Lipinski definition) is 0. The van der Waals surface area contributed by atoms with E-state index in [0.717, 1.165) is 24.2 Å². The van der Waals surface area contributed by atoms with Crippen LogP contribution in [0.4, 0.5) is 0 Å². The Morgan fingerprint density at radius 1 is 0.880 bits per heavy atom. The molecule has 0 aromatic heterocycles. The van der Waals surface area contributed by atoms with Crippen molar-refractivity contribution in [3.63, 3.8) is 0 Å². The van der Waals surface area contributed by atoms with Gasteiger partial charge in [-0.1, -0.05) is 71.3 Å². The summed E-state index contributed by atoms with van der Waals surface area (Å²) < 4.78 is 6.14. The molecule has 1 aromatic rings. The summed E-state index contributed by atoms with van der Waals surface area (Å²) in [7, 11) is 0. The van der Waals surface area contributed by atoms with Crippen molar-refractivity contribution in [2.24, 2.45) is 11.8 Å². The predicted molar refractivity (Wildman–Crippen MR) is 109 cm³/mol. The third kappa shape index (κ3) is 7.42. The average Bonchev–Trinajstić information content (AvgIpc) is 2.63. The summed E-state index contributed by atoms with van der Waals surface area (Å²) in [5.74, 6) is 2.83. The van der Waals surface area contributed by atoms with Crippen molar-refractivity contribution < 1.29 is 4.74 Å². The van der Waals surface area contributed by atoms with Crippen molar-refractivity contribution in [3.05, 3.63) is 29.3 Å². The molecule has 0 radical (unpaired) electrons. The summed E-state index contributed by atoms with van der Waals surface area (Å²) >= 11 is 0. The van der Waals surface area contributed by atoms with E-state index in [0.29, 0.717) is 0 Å². The second kappa shape index (κ2) is 11.6. The van der Waals surface area contributed by atoms with Gasteiger partial charge in [-0.25, -0.2) is 0 Å². The van der Waals surface area contributed by atoms with Crippen LogP contribution in [0.2, 0.25) is 0 Å². The largest absolute Gasteiger partial charge is 0.493 e. The van der Waals surface area contributed by atoms with Crippen molar-refractivity contribution in [1.29, 1.82) is 0 Å². The Kier molecular flexibility index (Phi) is 9.43. The molecule has 0 unspecified atom stereocenters. The van der Waals surface area contributed by atoms with Gasteiger partial charge in [0.25, 0.3) is 0 Å². The molecule has 0 amide bonds. The van der Waals surface area contributed by atoms with Crippen molar-refractivity contribution in [2.75, 3.05) is 6.61 Å². The lowest BCUT2D eigenvalue weighted by molar-refractivity contribution is 0.177. The summed E-state index contributed by atoms with van der Waals surface area (Å²) in [5.41, 5.74) is 2.89. The molecule has 1 saturated carbocycles. The number of benzene rings is 1. The van der Waals surface area contributed by atoms with Gasteiger partial charge in [0.15, 0.2) is 0 Å². The Bertz CT molecular complexity index is 471. The van der Waals surface area contributed by atoms with Crippen LogP contribution in [-0.2, 0) is 6.42 Å². The molecule has 1 aliphatic carbocycles. The van der Waals surface area contributed by atoms with E-state index < -0.39 is 0 Å². The van der Waals surface area contributed by atoms with Gasteiger partial charge >= 0.3 is 0 Å². The molecule has 25 heavy (non-hydrogen) atoms. The minimum absolute atomic E-state index is 0.770. The molecule has 2 rings (SSSR count). The normalized spacial score (nSPS) is 20.6. The molecule has 0 spiro atoms. The second-order valence-corrected chi connectivity index (χ2v) is 8.24. The maximum absolute atomic E-state index is 6.14. The Balaban J connectivity index is 1.68. The molecule has 0 heterocycles. The van der Waals surface area contributed by atoms with Crippen LogP contribution in [0.1, 0.15) is 95.6 Å². The van der Waals surface area contributed by atoms with Crippen LogP contribution in [0.15, 0.2) is 18.2 Å². The Morgan fingerprint density at radius 2 is 1.56 bits per heavy atom. The molecule has 1 nitrogen and oxygen atoms in total. The number of aryl methyl sites for hydroxylation is 2. The average molecular weight is 345 g/mol. The molecule has 1 fully saturated rings. The van der Waals surface area contributed by atoms with Crippen LogP contribution >= 0.6 is 0 Å². The quantitative estimate of drug-likeness (QED) is 0.378. The summed E-state index contributed by atoms with van der Waals surface area (Å²) in [6, 6.07) is 6.72. The van der Waals surface area contributed by atoms with Gasteiger partial charge < -0.3 is 4.74 Å².